The van der Waals surface area contributed by atoms with Crippen molar-refractivity contribution in [2.75, 3.05) is 31.1 Å². The van der Waals surface area contributed by atoms with E-state index in [1.165, 1.54) is 6.07 Å². The van der Waals surface area contributed by atoms with Crippen LogP contribution in [0.1, 0.15) is 0 Å². The summed E-state index contributed by atoms with van der Waals surface area (Å²) in [5.74, 6) is -3.46. The Labute approximate surface area is 195 Å². The Balaban J connectivity index is 1.76. The Morgan fingerprint density at radius 3 is 2.71 bits per heavy atom. The number of carboxylic acid groups (broad SMARTS) is 1. The van der Waals surface area contributed by atoms with E-state index in [0.717, 1.165) is 22.9 Å². The molecule has 2 N–H and O–H groups in total. The van der Waals surface area contributed by atoms with Gasteiger partial charge in [0.25, 0.3) is 0 Å². The smallest absolute Gasteiger partial charge is 0.449 e. The number of anilines is 1. The van der Waals surface area contributed by atoms with Crippen molar-refractivity contribution in [3.63, 3.8) is 0 Å². The highest BCUT2D eigenvalue weighted by Crippen LogP contribution is 2.36. The molecular weight excluding hydrogens is 479 g/mol. The van der Waals surface area contributed by atoms with Crippen LogP contribution >= 0.6 is 11.6 Å². The Hall–Kier alpha value is -3.28. The van der Waals surface area contributed by atoms with Crippen molar-refractivity contribution in [2.45, 2.75) is 12.1 Å². The van der Waals surface area contributed by atoms with Crippen LogP contribution in [0.3, 0.4) is 0 Å². The highest BCUT2D eigenvalue weighted by molar-refractivity contribution is 6.36. The Kier molecular flexibility index (Phi) is 5.62. The fraction of sp³-hybridized carbons (Fsp3) is 0.273. The van der Waals surface area contributed by atoms with Gasteiger partial charge in [0.15, 0.2) is 11.6 Å². The lowest BCUT2D eigenvalue weighted by Gasteiger charge is -2.25. The molecule has 2 aliphatic heterocycles. The number of morpholine rings is 1. The topological polar surface area (TPSA) is 93.0 Å². The number of rotatable bonds is 3. The molecule has 34 heavy (non-hydrogen) atoms. The molecule has 8 nitrogen and oxygen atoms in total. The first-order valence-corrected chi connectivity index (χ1v) is 10.7. The fourth-order valence-corrected chi connectivity index (χ4v) is 4.72. The number of nitrogens with one attached hydrogen (secondary N) is 1. The molecule has 0 aliphatic carbocycles. The molecule has 12 heteroatoms. The van der Waals surface area contributed by atoms with Crippen LogP contribution in [-0.4, -0.2) is 54.2 Å². The normalized spacial score (nSPS) is 19.9. The van der Waals surface area contributed by atoms with Crippen LogP contribution in [0.25, 0.3) is 16.6 Å². The van der Waals surface area contributed by atoms with Crippen LogP contribution in [0.2, 0.25) is 5.02 Å². The lowest BCUT2D eigenvalue weighted by atomic mass is 10.1. The van der Waals surface area contributed by atoms with Crippen molar-refractivity contribution >= 4 is 34.3 Å². The summed E-state index contributed by atoms with van der Waals surface area (Å²) in [6, 6.07) is 3.99. The third-order valence-corrected chi connectivity index (χ3v) is 6.29. The van der Waals surface area contributed by atoms with E-state index in [4.69, 9.17) is 21.4 Å². The standard InChI is InChI=1S/C22H17ClF3N3O5/c23-19-18-14(6-15(20(19)26)28-7-12-16(8-28)33-4-3-27-12)29(9-17(21(18)30)34-22(31)32)13-2-1-10(24)5-11(13)25/h1-2,5-6,9,12,16,27H,3-4,7-8H2,(H,31,32). The van der Waals surface area contributed by atoms with Gasteiger partial charge in [0.05, 0.1) is 52.2 Å². The van der Waals surface area contributed by atoms with E-state index in [1.807, 2.05) is 0 Å². The van der Waals surface area contributed by atoms with Gasteiger partial charge in [-0.2, -0.15) is 0 Å². The molecule has 2 fully saturated rings. The minimum Gasteiger partial charge on any atom is -0.449 e. The summed E-state index contributed by atoms with van der Waals surface area (Å²) in [4.78, 5) is 25.7. The number of benzene rings is 2. The van der Waals surface area contributed by atoms with Crippen molar-refractivity contribution in [1.82, 2.24) is 9.88 Å². The third kappa shape index (κ3) is 3.75. The summed E-state index contributed by atoms with van der Waals surface area (Å²) < 4.78 is 55.0. The molecule has 1 aromatic heterocycles. The van der Waals surface area contributed by atoms with E-state index in [1.54, 1.807) is 4.90 Å². The predicted molar refractivity (Wildman–Crippen MR) is 117 cm³/mol. The number of hydrogen-bond donors (Lipinski definition) is 2. The Morgan fingerprint density at radius 1 is 1.21 bits per heavy atom. The molecule has 0 bridgehead atoms. The monoisotopic (exact) mass is 495 g/mol. The largest absolute Gasteiger partial charge is 0.511 e. The number of nitrogens with zero attached hydrogens (tertiary/aromatic N) is 2. The average Bonchev–Trinajstić information content (AvgIpc) is 3.22. The second kappa shape index (κ2) is 8.49. The van der Waals surface area contributed by atoms with Gasteiger partial charge in [-0.3, -0.25) is 4.79 Å². The van der Waals surface area contributed by atoms with Gasteiger partial charge in [-0.25, -0.2) is 18.0 Å². The van der Waals surface area contributed by atoms with E-state index in [-0.39, 0.29) is 29.0 Å². The lowest BCUT2D eigenvalue weighted by molar-refractivity contribution is 0.0212. The SMILES string of the molecule is O=C(O)Oc1cn(-c2ccc(F)cc2F)c2cc(N3CC4NCCOC4C3)c(F)c(Cl)c2c1=O. The highest BCUT2D eigenvalue weighted by atomic mass is 35.5. The quantitative estimate of drug-likeness (QED) is 0.539. The molecule has 2 aliphatic rings. The number of fused-ring (bicyclic) bond motifs is 2. The molecule has 5 rings (SSSR count). The first kappa shape index (κ1) is 22.5. The van der Waals surface area contributed by atoms with Gasteiger partial charge in [-0.05, 0) is 18.2 Å². The van der Waals surface area contributed by atoms with Gasteiger partial charge >= 0.3 is 6.16 Å². The minimum atomic E-state index is -1.80. The number of halogens is 4. The van der Waals surface area contributed by atoms with Crippen LogP contribution < -0.4 is 20.4 Å². The molecule has 0 saturated carbocycles. The number of carbonyl (C=O) groups is 1. The zero-order valence-corrected chi connectivity index (χ0v) is 18.1. The van der Waals surface area contributed by atoms with Gasteiger partial charge in [-0.1, -0.05) is 11.6 Å². The summed E-state index contributed by atoms with van der Waals surface area (Å²) >= 11 is 6.28. The van der Waals surface area contributed by atoms with E-state index in [2.05, 4.69) is 10.1 Å². The second-order valence-corrected chi connectivity index (χ2v) is 8.33. The maximum atomic E-state index is 15.4. The maximum Gasteiger partial charge on any atom is 0.511 e. The van der Waals surface area contributed by atoms with E-state index < -0.39 is 45.2 Å². The van der Waals surface area contributed by atoms with E-state index >= 15 is 4.39 Å². The summed E-state index contributed by atoms with van der Waals surface area (Å²) in [6.07, 6.45) is -1.03. The molecule has 178 valence electrons. The number of pyridine rings is 1. The molecule has 0 radical (unpaired) electrons. The van der Waals surface area contributed by atoms with Crippen molar-refractivity contribution in [2.24, 2.45) is 0 Å². The van der Waals surface area contributed by atoms with Gasteiger partial charge in [-0.15, -0.1) is 0 Å². The zero-order valence-electron chi connectivity index (χ0n) is 17.4. The first-order chi connectivity index (χ1) is 16.2. The molecule has 2 saturated heterocycles. The lowest BCUT2D eigenvalue weighted by Crippen LogP contribution is -2.47. The van der Waals surface area contributed by atoms with Crippen LogP contribution in [-0.2, 0) is 4.74 Å². The molecule has 3 heterocycles. The third-order valence-electron chi connectivity index (χ3n) is 5.94. The molecular formula is C22H17ClF3N3O5. The molecule has 3 aromatic rings. The molecule has 2 atom stereocenters. The van der Waals surface area contributed by atoms with Gasteiger partial charge in [0.2, 0.25) is 5.43 Å². The maximum absolute atomic E-state index is 15.4. The van der Waals surface area contributed by atoms with Crippen LogP contribution in [0.15, 0.2) is 35.3 Å². The summed E-state index contributed by atoms with van der Waals surface area (Å²) in [5, 5.41) is 11.3. The summed E-state index contributed by atoms with van der Waals surface area (Å²) in [5.41, 5.74) is -1.18. The predicted octanol–water partition coefficient (Wildman–Crippen LogP) is 3.30. The molecule has 2 aromatic carbocycles. The minimum absolute atomic E-state index is 0.0154. The summed E-state index contributed by atoms with van der Waals surface area (Å²) in [7, 11) is 0. The van der Waals surface area contributed by atoms with Gasteiger partial charge in [0, 0.05) is 25.7 Å². The summed E-state index contributed by atoms with van der Waals surface area (Å²) in [6.45, 7) is 1.93. The highest BCUT2D eigenvalue weighted by Gasteiger charge is 2.37. The molecule has 2 unspecified atom stereocenters. The van der Waals surface area contributed by atoms with Crippen molar-refractivity contribution in [1.29, 1.82) is 0 Å². The van der Waals surface area contributed by atoms with E-state index in [9.17, 15) is 18.4 Å². The number of ether oxygens (including phenoxy) is 2. The number of hydrogen-bond acceptors (Lipinski definition) is 6. The fourth-order valence-electron chi connectivity index (χ4n) is 4.44. The van der Waals surface area contributed by atoms with Gasteiger partial charge < -0.3 is 29.4 Å². The number of aromatic nitrogens is 1. The zero-order chi connectivity index (χ0) is 24.1. The first-order valence-electron chi connectivity index (χ1n) is 10.3. The van der Waals surface area contributed by atoms with Crippen LogP contribution in [0.4, 0.5) is 23.7 Å². The Morgan fingerprint density at radius 2 is 2.00 bits per heavy atom. The van der Waals surface area contributed by atoms with Crippen LogP contribution in [0.5, 0.6) is 5.75 Å². The van der Waals surface area contributed by atoms with Crippen molar-refractivity contribution in [3.8, 4) is 11.4 Å². The molecule has 0 amide bonds. The Bertz CT molecular complexity index is 1370. The average molecular weight is 496 g/mol. The van der Waals surface area contributed by atoms with E-state index in [0.29, 0.717) is 32.3 Å². The van der Waals surface area contributed by atoms with Gasteiger partial charge in [0.1, 0.15) is 11.6 Å². The van der Waals surface area contributed by atoms with Crippen molar-refractivity contribution in [3.05, 3.63) is 63.2 Å². The molecule has 0 spiro atoms. The second-order valence-electron chi connectivity index (χ2n) is 7.95. The van der Waals surface area contributed by atoms with Crippen molar-refractivity contribution < 1.29 is 32.5 Å². The van der Waals surface area contributed by atoms with Crippen LogP contribution in [0, 0.1) is 17.5 Å².